The molecule has 0 saturated carbocycles. The number of para-hydroxylation sites is 1. The summed E-state index contributed by atoms with van der Waals surface area (Å²) in [6, 6.07) is 5.67. The summed E-state index contributed by atoms with van der Waals surface area (Å²) in [5, 5.41) is 14.0. The fraction of sp³-hybridized carbons (Fsp3) is 0.526. The Balaban J connectivity index is 1.43. The number of fused-ring (bicyclic) bond motifs is 4. The number of aliphatic hydroxyl groups is 1. The Kier molecular flexibility index (Phi) is 3.58. The Morgan fingerprint density at radius 1 is 1.16 bits per heavy atom. The summed E-state index contributed by atoms with van der Waals surface area (Å²) in [5.41, 5.74) is 4.22. The number of aliphatic hydroxyl groups excluding tert-OH is 1. The molecule has 2 saturated heterocycles. The predicted molar refractivity (Wildman–Crippen MR) is 91.7 cm³/mol. The van der Waals surface area contributed by atoms with E-state index in [-0.39, 0.29) is 30.8 Å². The molecule has 3 N–H and O–H groups in total. The maximum absolute atomic E-state index is 12.9. The first-order chi connectivity index (χ1) is 12.2. The number of benzene rings is 1. The number of nitrogens with one attached hydrogen (secondary N) is 2. The maximum atomic E-state index is 12.9. The van der Waals surface area contributed by atoms with E-state index in [9.17, 15) is 9.90 Å². The number of ether oxygens (including phenoxy) is 2. The molecule has 132 valence electrons. The van der Waals surface area contributed by atoms with E-state index in [0.29, 0.717) is 12.2 Å². The average Bonchev–Trinajstić information content (AvgIpc) is 3.30. The fourth-order valence-corrected chi connectivity index (χ4v) is 4.47. The van der Waals surface area contributed by atoms with Crippen LogP contribution in [0.3, 0.4) is 0 Å². The number of amides is 1. The lowest BCUT2D eigenvalue weighted by Gasteiger charge is -2.17. The van der Waals surface area contributed by atoms with Gasteiger partial charge in [0.25, 0.3) is 5.91 Å². The van der Waals surface area contributed by atoms with Crippen molar-refractivity contribution in [2.45, 2.75) is 50.0 Å². The number of hydrogen-bond acceptors (Lipinski definition) is 4. The van der Waals surface area contributed by atoms with Crippen LogP contribution in [0.25, 0.3) is 10.9 Å². The SMILES string of the molecule is O=C(N[C@@H]1CO[C@H]2[C@@H]1OC[C@H]2O)c1cccc2c3c([nH]c12)CCCC3. The summed E-state index contributed by atoms with van der Waals surface area (Å²) in [5.74, 6) is -0.122. The Bertz CT molecular complexity index is 830. The molecular formula is C19H22N2O4. The van der Waals surface area contributed by atoms with Crippen LogP contribution in [0, 0.1) is 0 Å². The molecule has 0 spiro atoms. The number of carbonyl (C=O) groups is 1. The largest absolute Gasteiger partial charge is 0.388 e. The van der Waals surface area contributed by atoms with Gasteiger partial charge in [0, 0.05) is 11.1 Å². The zero-order valence-corrected chi connectivity index (χ0v) is 14.0. The lowest BCUT2D eigenvalue weighted by atomic mass is 9.95. The van der Waals surface area contributed by atoms with Gasteiger partial charge in [0.2, 0.25) is 0 Å². The summed E-state index contributed by atoms with van der Waals surface area (Å²) in [7, 11) is 0. The van der Waals surface area contributed by atoms with Crippen LogP contribution in [-0.4, -0.2) is 53.6 Å². The number of aryl methyl sites for hydroxylation is 2. The number of aromatic nitrogens is 1. The van der Waals surface area contributed by atoms with Crippen molar-refractivity contribution in [2.75, 3.05) is 13.2 Å². The lowest BCUT2D eigenvalue weighted by Crippen LogP contribution is -2.44. The van der Waals surface area contributed by atoms with Crippen molar-refractivity contribution in [3.63, 3.8) is 0 Å². The van der Waals surface area contributed by atoms with Gasteiger partial charge in [-0.1, -0.05) is 12.1 Å². The standard InChI is InChI=1S/C19H22N2O4/c22-15-9-25-17-14(8-24-18(15)17)21-19(23)12-6-3-5-11-10-4-1-2-7-13(10)20-16(11)12/h3,5-6,14-15,17-18,20,22H,1-2,4,7-9H2,(H,21,23)/t14-,15-,17-,18-/m1/s1. The summed E-state index contributed by atoms with van der Waals surface area (Å²) < 4.78 is 11.2. The summed E-state index contributed by atoms with van der Waals surface area (Å²) in [4.78, 5) is 16.4. The molecule has 0 bridgehead atoms. The first-order valence-corrected chi connectivity index (χ1v) is 9.07. The number of H-pyrrole nitrogens is 1. The topological polar surface area (TPSA) is 83.6 Å². The van der Waals surface area contributed by atoms with E-state index < -0.39 is 6.10 Å². The van der Waals surface area contributed by atoms with E-state index in [1.165, 1.54) is 24.1 Å². The molecule has 25 heavy (non-hydrogen) atoms. The minimum Gasteiger partial charge on any atom is -0.388 e. The van der Waals surface area contributed by atoms with Crippen molar-refractivity contribution < 1.29 is 19.4 Å². The smallest absolute Gasteiger partial charge is 0.253 e. The summed E-state index contributed by atoms with van der Waals surface area (Å²) >= 11 is 0. The lowest BCUT2D eigenvalue weighted by molar-refractivity contribution is 0.0178. The van der Waals surface area contributed by atoms with Crippen molar-refractivity contribution in [1.29, 1.82) is 0 Å². The molecule has 3 aliphatic rings. The van der Waals surface area contributed by atoms with Crippen LogP contribution in [-0.2, 0) is 22.3 Å². The Morgan fingerprint density at radius 2 is 2.00 bits per heavy atom. The first-order valence-electron chi connectivity index (χ1n) is 9.07. The Hall–Kier alpha value is -1.89. The molecule has 3 heterocycles. The molecule has 0 radical (unpaired) electrons. The maximum Gasteiger partial charge on any atom is 0.253 e. The summed E-state index contributed by atoms with van der Waals surface area (Å²) in [6.07, 6.45) is 3.32. The molecule has 2 fully saturated rings. The van der Waals surface area contributed by atoms with Gasteiger partial charge in [0.1, 0.15) is 18.3 Å². The average molecular weight is 342 g/mol. The summed E-state index contributed by atoms with van der Waals surface area (Å²) in [6.45, 7) is 0.635. The van der Waals surface area contributed by atoms with Crippen LogP contribution in [0.5, 0.6) is 0 Å². The quantitative estimate of drug-likeness (QED) is 0.768. The minimum atomic E-state index is -0.606. The zero-order chi connectivity index (χ0) is 17.0. The third-order valence-electron chi connectivity index (χ3n) is 5.72. The molecule has 4 atom stereocenters. The molecule has 6 heteroatoms. The van der Waals surface area contributed by atoms with Gasteiger partial charge in [-0.25, -0.2) is 0 Å². The van der Waals surface area contributed by atoms with E-state index in [2.05, 4.69) is 16.4 Å². The van der Waals surface area contributed by atoms with Gasteiger partial charge in [-0.15, -0.1) is 0 Å². The van der Waals surface area contributed by atoms with Gasteiger partial charge in [-0.2, -0.15) is 0 Å². The van der Waals surface area contributed by atoms with Gasteiger partial charge < -0.3 is 24.9 Å². The molecule has 0 unspecified atom stereocenters. The number of hydrogen-bond donors (Lipinski definition) is 3. The second-order valence-electron chi connectivity index (χ2n) is 7.26. The highest BCUT2D eigenvalue weighted by molar-refractivity contribution is 6.07. The van der Waals surface area contributed by atoms with Crippen LogP contribution in [0.15, 0.2) is 18.2 Å². The molecule has 6 nitrogen and oxygen atoms in total. The van der Waals surface area contributed by atoms with Gasteiger partial charge in [0.15, 0.2) is 0 Å². The Labute approximate surface area is 145 Å². The van der Waals surface area contributed by atoms with Gasteiger partial charge in [-0.3, -0.25) is 4.79 Å². The van der Waals surface area contributed by atoms with E-state index in [0.717, 1.165) is 23.7 Å². The normalized spacial score (nSPS) is 31.1. The van der Waals surface area contributed by atoms with Crippen LogP contribution < -0.4 is 5.32 Å². The van der Waals surface area contributed by atoms with E-state index in [1.807, 2.05) is 12.1 Å². The third kappa shape index (κ3) is 2.39. The molecular weight excluding hydrogens is 320 g/mol. The van der Waals surface area contributed by atoms with Gasteiger partial charge in [0.05, 0.1) is 30.3 Å². The number of rotatable bonds is 2. The van der Waals surface area contributed by atoms with Crippen molar-refractivity contribution >= 4 is 16.8 Å². The minimum absolute atomic E-state index is 0.122. The third-order valence-corrected chi connectivity index (χ3v) is 5.72. The van der Waals surface area contributed by atoms with Crippen molar-refractivity contribution in [1.82, 2.24) is 10.3 Å². The first kappa shape index (κ1) is 15.4. The van der Waals surface area contributed by atoms with E-state index in [4.69, 9.17) is 9.47 Å². The van der Waals surface area contributed by atoms with Crippen LogP contribution in [0.4, 0.5) is 0 Å². The van der Waals surface area contributed by atoms with E-state index in [1.54, 1.807) is 0 Å². The number of aromatic amines is 1. The molecule has 2 aromatic rings. The van der Waals surface area contributed by atoms with Crippen LogP contribution in [0.1, 0.15) is 34.5 Å². The fourth-order valence-electron chi connectivity index (χ4n) is 4.47. The molecule has 1 aliphatic carbocycles. The molecule has 5 rings (SSSR count). The Morgan fingerprint density at radius 3 is 2.92 bits per heavy atom. The molecule has 1 aromatic heterocycles. The van der Waals surface area contributed by atoms with Crippen LogP contribution >= 0.6 is 0 Å². The predicted octanol–water partition coefficient (Wildman–Crippen LogP) is 1.30. The molecule has 1 amide bonds. The van der Waals surface area contributed by atoms with E-state index >= 15 is 0 Å². The van der Waals surface area contributed by atoms with Crippen molar-refractivity contribution in [2.24, 2.45) is 0 Å². The van der Waals surface area contributed by atoms with Crippen molar-refractivity contribution in [3.8, 4) is 0 Å². The van der Waals surface area contributed by atoms with Crippen molar-refractivity contribution in [3.05, 3.63) is 35.0 Å². The van der Waals surface area contributed by atoms with Crippen LogP contribution in [0.2, 0.25) is 0 Å². The highest BCUT2D eigenvalue weighted by Crippen LogP contribution is 2.31. The highest BCUT2D eigenvalue weighted by atomic mass is 16.6. The highest BCUT2D eigenvalue weighted by Gasteiger charge is 2.47. The monoisotopic (exact) mass is 342 g/mol. The second-order valence-corrected chi connectivity index (χ2v) is 7.26. The molecule has 1 aromatic carbocycles. The number of carbonyl (C=O) groups excluding carboxylic acids is 1. The van der Waals surface area contributed by atoms with Gasteiger partial charge >= 0.3 is 0 Å². The van der Waals surface area contributed by atoms with Gasteiger partial charge in [-0.05, 0) is 37.3 Å². The second kappa shape index (κ2) is 5.83. The zero-order valence-electron chi connectivity index (χ0n) is 14.0. The molecule has 2 aliphatic heterocycles.